The number of thiocarbonyl (C=S) groups is 1. The van der Waals surface area contributed by atoms with E-state index in [4.69, 9.17) is 21.9 Å². The van der Waals surface area contributed by atoms with Crippen LogP contribution >= 0.6 is 24.0 Å². The van der Waals surface area contributed by atoms with Crippen molar-refractivity contribution in [1.82, 2.24) is 19.2 Å². The van der Waals surface area contributed by atoms with Crippen LogP contribution in [-0.2, 0) is 9.53 Å². The van der Waals surface area contributed by atoms with E-state index in [1.807, 2.05) is 6.07 Å². The molecule has 1 amide bonds. The predicted molar refractivity (Wildman–Crippen MR) is 134 cm³/mol. The maximum absolute atomic E-state index is 13.5. The molecule has 9 nitrogen and oxygen atoms in total. The van der Waals surface area contributed by atoms with E-state index in [-0.39, 0.29) is 18.1 Å². The van der Waals surface area contributed by atoms with Crippen molar-refractivity contribution in [1.29, 1.82) is 0 Å². The summed E-state index contributed by atoms with van der Waals surface area (Å²) in [7, 11) is 1.62. The molecular formula is C22H27N5O4S2. The fourth-order valence-electron chi connectivity index (χ4n) is 3.97. The number of fused-ring (bicyclic) bond motifs is 1. The second-order valence-electron chi connectivity index (χ2n) is 7.82. The highest BCUT2D eigenvalue weighted by Crippen LogP contribution is 2.33. The number of carbonyl (C=O) groups is 1. The molecule has 0 saturated carbocycles. The average molecular weight is 490 g/mol. The Balaban J connectivity index is 1.70. The zero-order chi connectivity index (χ0) is 23.4. The lowest BCUT2D eigenvalue weighted by atomic mass is 10.2. The third kappa shape index (κ3) is 5.12. The second-order valence-corrected chi connectivity index (χ2v) is 9.49. The predicted octanol–water partition coefficient (Wildman–Crippen LogP) is 1.05. The first-order chi connectivity index (χ1) is 16.0. The summed E-state index contributed by atoms with van der Waals surface area (Å²) < 4.78 is 7.06. The van der Waals surface area contributed by atoms with Crippen molar-refractivity contribution in [2.75, 3.05) is 64.5 Å². The molecular weight excluding hydrogens is 462 g/mol. The van der Waals surface area contributed by atoms with Gasteiger partial charge in [-0.2, -0.15) is 0 Å². The number of methoxy groups -OCH3 is 1. The van der Waals surface area contributed by atoms with Gasteiger partial charge >= 0.3 is 0 Å². The lowest BCUT2D eigenvalue weighted by Crippen LogP contribution is -2.48. The van der Waals surface area contributed by atoms with Gasteiger partial charge in [0, 0.05) is 59.2 Å². The van der Waals surface area contributed by atoms with Gasteiger partial charge in [-0.1, -0.05) is 30.0 Å². The molecule has 4 rings (SSSR count). The molecule has 11 heteroatoms. The van der Waals surface area contributed by atoms with Crippen LogP contribution in [0, 0.1) is 0 Å². The van der Waals surface area contributed by atoms with Crippen molar-refractivity contribution in [2.45, 2.75) is 6.42 Å². The number of aromatic nitrogens is 2. The van der Waals surface area contributed by atoms with Crippen molar-refractivity contribution in [3.05, 3.63) is 45.2 Å². The van der Waals surface area contributed by atoms with Gasteiger partial charge in [-0.25, -0.2) is 4.98 Å². The van der Waals surface area contributed by atoms with Gasteiger partial charge in [0.1, 0.15) is 15.8 Å². The Labute approximate surface area is 201 Å². The fraction of sp³-hybridized carbons (Fsp3) is 0.455. The van der Waals surface area contributed by atoms with Crippen LogP contribution in [0.3, 0.4) is 0 Å². The number of hydrogen-bond acceptors (Lipinski definition) is 9. The first-order valence-corrected chi connectivity index (χ1v) is 12.1. The Kier molecular flexibility index (Phi) is 7.76. The molecule has 4 heterocycles. The van der Waals surface area contributed by atoms with Crippen LogP contribution < -0.4 is 10.5 Å². The number of aliphatic hydroxyl groups excluding tert-OH is 1. The molecule has 0 radical (unpaired) electrons. The second kappa shape index (κ2) is 10.7. The van der Waals surface area contributed by atoms with Crippen LogP contribution in [-0.4, -0.2) is 94.1 Å². The minimum Gasteiger partial charge on any atom is -0.395 e. The molecule has 0 unspecified atom stereocenters. The number of amides is 1. The van der Waals surface area contributed by atoms with Crippen LogP contribution in [0.25, 0.3) is 11.7 Å². The van der Waals surface area contributed by atoms with E-state index < -0.39 is 0 Å². The SMILES string of the molecule is COCCCN1C(=O)C(=Cc2c(N3CCN(CCO)CC3)nc3ccccn3c2=O)SC1=S. The maximum atomic E-state index is 13.5. The van der Waals surface area contributed by atoms with E-state index in [2.05, 4.69) is 9.80 Å². The molecule has 2 fully saturated rings. The van der Waals surface area contributed by atoms with Crippen molar-refractivity contribution in [2.24, 2.45) is 0 Å². The van der Waals surface area contributed by atoms with E-state index in [1.165, 1.54) is 16.2 Å². The summed E-state index contributed by atoms with van der Waals surface area (Å²) in [6.45, 7) is 4.63. The third-order valence-corrected chi connectivity index (χ3v) is 7.09. The number of hydrogen-bond donors (Lipinski definition) is 1. The van der Waals surface area contributed by atoms with Crippen LogP contribution in [0.1, 0.15) is 12.0 Å². The Morgan fingerprint density at radius 2 is 2.00 bits per heavy atom. The largest absolute Gasteiger partial charge is 0.395 e. The highest BCUT2D eigenvalue weighted by molar-refractivity contribution is 8.26. The Hall–Kier alpha value is -2.31. The molecule has 2 aliphatic rings. The maximum Gasteiger partial charge on any atom is 0.267 e. The average Bonchev–Trinajstić information content (AvgIpc) is 3.09. The first-order valence-electron chi connectivity index (χ1n) is 10.9. The highest BCUT2D eigenvalue weighted by Gasteiger charge is 2.32. The van der Waals surface area contributed by atoms with E-state index in [0.29, 0.717) is 65.5 Å². The molecule has 33 heavy (non-hydrogen) atoms. The van der Waals surface area contributed by atoms with E-state index in [9.17, 15) is 14.7 Å². The number of β-amino-alcohol motifs (C(OH)–C–C–N with tert-alkyl or cyclic N) is 1. The molecule has 2 aliphatic heterocycles. The van der Waals surface area contributed by atoms with E-state index >= 15 is 0 Å². The Morgan fingerprint density at radius 1 is 1.21 bits per heavy atom. The molecule has 2 aromatic rings. The normalized spacial score (nSPS) is 18.8. The fourth-order valence-corrected chi connectivity index (χ4v) is 5.26. The van der Waals surface area contributed by atoms with Gasteiger partial charge in [0.25, 0.3) is 11.5 Å². The number of ether oxygens (including phenoxy) is 1. The minimum atomic E-state index is -0.224. The quantitative estimate of drug-likeness (QED) is 0.332. The molecule has 2 aromatic heterocycles. The van der Waals surface area contributed by atoms with Gasteiger partial charge in [0.05, 0.1) is 17.1 Å². The van der Waals surface area contributed by atoms with Crippen molar-refractivity contribution in [3.8, 4) is 0 Å². The van der Waals surface area contributed by atoms with Gasteiger partial charge in [-0.3, -0.25) is 23.8 Å². The number of thioether (sulfide) groups is 1. The van der Waals surface area contributed by atoms with Crippen LogP contribution in [0.4, 0.5) is 5.82 Å². The summed E-state index contributed by atoms with van der Waals surface area (Å²) in [5, 5.41) is 9.22. The van der Waals surface area contributed by atoms with E-state index in [1.54, 1.807) is 36.4 Å². The number of piperazine rings is 1. The van der Waals surface area contributed by atoms with Crippen LogP contribution in [0.15, 0.2) is 34.1 Å². The van der Waals surface area contributed by atoms with Gasteiger partial charge in [0.15, 0.2) is 0 Å². The number of aliphatic hydroxyl groups is 1. The zero-order valence-electron chi connectivity index (χ0n) is 18.5. The Bertz CT molecular complexity index is 1130. The summed E-state index contributed by atoms with van der Waals surface area (Å²) in [5.41, 5.74) is 0.712. The van der Waals surface area contributed by atoms with E-state index in [0.717, 1.165) is 13.1 Å². The summed E-state index contributed by atoms with van der Waals surface area (Å²) in [6.07, 6.45) is 4.00. The summed E-state index contributed by atoms with van der Waals surface area (Å²) >= 11 is 6.63. The number of nitrogens with zero attached hydrogens (tertiary/aromatic N) is 5. The van der Waals surface area contributed by atoms with Crippen molar-refractivity contribution in [3.63, 3.8) is 0 Å². The smallest absolute Gasteiger partial charge is 0.267 e. The van der Waals surface area contributed by atoms with Gasteiger partial charge < -0.3 is 14.7 Å². The summed E-state index contributed by atoms with van der Waals surface area (Å²) in [6, 6.07) is 5.42. The molecule has 0 aromatic carbocycles. The molecule has 0 spiro atoms. The number of carbonyl (C=O) groups excluding carboxylic acids is 1. The number of rotatable bonds is 8. The lowest BCUT2D eigenvalue weighted by molar-refractivity contribution is -0.122. The monoisotopic (exact) mass is 489 g/mol. The first kappa shape index (κ1) is 23.8. The number of anilines is 1. The summed E-state index contributed by atoms with van der Waals surface area (Å²) in [4.78, 5) is 37.5. The minimum absolute atomic E-state index is 0.118. The standard InChI is InChI=1S/C22H27N5O4S2/c1-31-14-4-7-27-21(30)17(33-22(27)32)15-16-19(25-10-8-24(9-11-25)12-13-28)23-18-5-2-3-6-26(18)20(16)29/h2-3,5-6,15,28H,4,7-14H2,1H3. The van der Waals surface area contributed by atoms with Gasteiger partial charge in [-0.15, -0.1) is 0 Å². The third-order valence-electron chi connectivity index (χ3n) is 5.72. The Morgan fingerprint density at radius 3 is 2.73 bits per heavy atom. The number of pyridine rings is 1. The molecule has 0 atom stereocenters. The van der Waals surface area contributed by atoms with Crippen LogP contribution in [0.5, 0.6) is 0 Å². The van der Waals surface area contributed by atoms with Gasteiger partial charge in [0.2, 0.25) is 0 Å². The van der Waals surface area contributed by atoms with Crippen LogP contribution in [0.2, 0.25) is 0 Å². The van der Waals surface area contributed by atoms with Crippen molar-refractivity contribution >= 4 is 51.7 Å². The lowest BCUT2D eigenvalue weighted by Gasteiger charge is -2.35. The molecule has 0 bridgehead atoms. The molecule has 1 N–H and O–H groups in total. The molecule has 176 valence electrons. The molecule has 0 aliphatic carbocycles. The van der Waals surface area contributed by atoms with Gasteiger partial charge in [-0.05, 0) is 24.6 Å². The topological polar surface area (TPSA) is 90.6 Å². The highest BCUT2D eigenvalue weighted by atomic mass is 32.2. The van der Waals surface area contributed by atoms with Crippen molar-refractivity contribution < 1.29 is 14.6 Å². The molecule has 2 saturated heterocycles. The zero-order valence-corrected chi connectivity index (χ0v) is 20.1. The summed E-state index contributed by atoms with van der Waals surface area (Å²) in [5.74, 6) is 0.372.